The van der Waals surface area contributed by atoms with E-state index in [0.29, 0.717) is 13.0 Å². The Morgan fingerprint density at radius 3 is 2.62 bits per heavy atom. The van der Waals surface area contributed by atoms with Gasteiger partial charge in [0.25, 0.3) is 0 Å². The average Bonchev–Trinajstić information content (AvgIpc) is 3.32. The molecule has 2 amide bonds. The molecule has 3 rings (SSSR count). The smallest absolute Gasteiger partial charge is 0.242 e. The highest BCUT2D eigenvalue weighted by molar-refractivity contribution is 5.87. The van der Waals surface area contributed by atoms with Crippen LogP contribution in [0, 0.1) is 5.92 Å². The van der Waals surface area contributed by atoms with Crippen LogP contribution in [0.5, 0.6) is 0 Å². The maximum Gasteiger partial charge on any atom is 0.242 e. The van der Waals surface area contributed by atoms with E-state index in [1.807, 2.05) is 47.3 Å². The second kappa shape index (κ2) is 8.65. The Morgan fingerprint density at radius 1 is 1.19 bits per heavy atom. The van der Waals surface area contributed by atoms with E-state index in [1.165, 1.54) is 6.92 Å². The van der Waals surface area contributed by atoms with E-state index in [9.17, 15) is 9.59 Å². The van der Waals surface area contributed by atoms with Crippen molar-refractivity contribution in [3.05, 3.63) is 48.3 Å². The lowest BCUT2D eigenvalue weighted by atomic mass is 9.97. The van der Waals surface area contributed by atoms with Gasteiger partial charge in [0.2, 0.25) is 11.8 Å². The van der Waals surface area contributed by atoms with Gasteiger partial charge in [-0.25, -0.2) is 4.68 Å². The van der Waals surface area contributed by atoms with Gasteiger partial charge in [-0.15, -0.1) is 0 Å². The van der Waals surface area contributed by atoms with Crippen molar-refractivity contribution in [2.45, 2.75) is 45.1 Å². The summed E-state index contributed by atoms with van der Waals surface area (Å²) in [4.78, 5) is 24.0. The number of nitrogens with one attached hydrogen (secondary N) is 2. The molecule has 1 saturated carbocycles. The molecule has 0 radical (unpaired) electrons. The van der Waals surface area contributed by atoms with Crippen LogP contribution in [0.1, 0.15) is 38.3 Å². The maximum atomic E-state index is 12.5. The molecule has 6 heteroatoms. The van der Waals surface area contributed by atoms with E-state index in [-0.39, 0.29) is 17.7 Å². The van der Waals surface area contributed by atoms with E-state index in [4.69, 9.17) is 0 Å². The zero-order valence-electron chi connectivity index (χ0n) is 15.1. The number of carbonyl (C=O) groups excluding carboxylic acids is 2. The summed E-state index contributed by atoms with van der Waals surface area (Å²) in [6.45, 7) is 1.97. The Bertz CT molecular complexity index is 735. The van der Waals surface area contributed by atoms with Crippen LogP contribution >= 0.6 is 0 Å². The Hall–Kier alpha value is -2.63. The largest absolute Gasteiger partial charge is 0.354 e. The molecule has 1 heterocycles. The molecule has 6 nitrogen and oxygen atoms in total. The van der Waals surface area contributed by atoms with Crippen molar-refractivity contribution in [2.24, 2.45) is 5.92 Å². The molecule has 1 fully saturated rings. The highest BCUT2D eigenvalue weighted by Crippen LogP contribution is 2.27. The molecule has 0 aliphatic heterocycles. The summed E-state index contributed by atoms with van der Waals surface area (Å²) in [6.07, 6.45) is 6.84. The molecule has 26 heavy (non-hydrogen) atoms. The minimum Gasteiger partial charge on any atom is -0.354 e. The predicted molar refractivity (Wildman–Crippen MR) is 99.8 cm³/mol. The van der Waals surface area contributed by atoms with Crippen molar-refractivity contribution in [2.75, 3.05) is 6.54 Å². The number of aromatic nitrogens is 2. The summed E-state index contributed by atoms with van der Waals surface area (Å²) < 4.78 is 1.83. The second-order valence-corrected chi connectivity index (χ2v) is 6.85. The van der Waals surface area contributed by atoms with Gasteiger partial charge >= 0.3 is 0 Å². The van der Waals surface area contributed by atoms with E-state index >= 15 is 0 Å². The fraction of sp³-hybridized carbons (Fsp3) is 0.450. The SMILES string of the molecule is CC(=O)NC(C(=O)NCCc1ccn(-c2ccccc2)n1)C1CCCC1. The fourth-order valence-electron chi connectivity index (χ4n) is 3.55. The molecule has 1 aromatic carbocycles. The monoisotopic (exact) mass is 354 g/mol. The highest BCUT2D eigenvalue weighted by Gasteiger charge is 2.31. The molecule has 138 valence electrons. The molecule has 0 saturated heterocycles. The minimum absolute atomic E-state index is 0.0883. The van der Waals surface area contributed by atoms with E-state index in [1.54, 1.807) is 0 Å². The third-order valence-corrected chi connectivity index (χ3v) is 4.86. The molecule has 0 bridgehead atoms. The van der Waals surface area contributed by atoms with Crippen LogP contribution in [0.25, 0.3) is 5.69 Å². The normalized spacial score (nSPS) is 15.6. The first-order valence-corrected chi connectivity index (χ1v) is 9.28. The number of amides is 2. The number of hydrogen-bond acceptors (Lipinski definition) is 3. The molecule has 1 aromatic heterocycles. The number of benzene rings is 1. The molecule has 1 atom stereocenters. The number of para-hydroxylation sites is 1. The van der Waals surface area contributed by atoms with Gasteiger partial charge in [0.05, 0.1) is 11.4 Å². The number of nitrogens with zero attached hydrogens (tertiary/aromatic N) is 2. The summed E-state index contributed by atoms with van der Waals surface area (Å²) in [5.74, 6) is 0.00411. The molecule has 1 unspecified atom stereocenters. The van der Waals surface area contributed by atoms with Crippen molar-refractivity contribution in [1.29, 1.82) is 0 Å². The van der Waals surface area contributed by atoms with Crippen molar-refractivity contribution < 1.29 is 9.59 Å². The Labute approximate surface area is 154 Å². The number of carbonyl (C=O) groups is 2. The van der Waals surface area contributed by atoms with Gasteiger partial charge in [-0.05, 0) is 37.0 Å². The fourth-order valence-corrected chi connectivity index (χ4v) is 3.55. The molecule has 1 aliphatic rings. The Morgan fingerprint density at radius 2 is 1.92 bits per heavy atom. The van der Waals surface area contributed by atoms with Crippen LogP contribution in [0.3, 0.4) is 0 Å². The quantitative estimate of drug-likeness (QED) is 0.800. The Balaban J connectivity index is 1.52. The van der Waals surface area contributed by atoms with Gasteiger partial charge in [-0.3, -0.25) is 9.59 Å². The van der Waals surface area contributed by atoms with Crippen molar-refractivity contribution in [3.63, 3.8) is 0 Å². The van der Waals surface area contributed by atoms with Crippen LogP contribution in [0.4, 0.5) is 0 Å². The van der Waals surface area contributed by atoms with Gasteiger partial charge in [-0.2, -0.15) is 5.10 Å². The first-order valence-electron chi connectivity index (χ1n) is 9.28. The van der Waals surface area contributed by atoms with Gasteiger partial charge in [0.1, 0.15) is 6.04 Å². The van der Waals surface area contributed by atoms with E-state index < -0.39 is 6.04 Å². The van der Waals surface area contributed by atoms with Crippen molar-refractivity contribution >= 4 is 11.8 Å². The van der Waals surface area contributed by atoms with Crippen LogP contribution in [-0.2, 0) is 16.0 Å². The average molecular weight is 354 g/mol. The zero-order chi connectivity index (χ0) is 18.4. The first kappa shape index (κ1) is 18.2. The molecule has 2 N–H and O–H groups in total. The highest BCUT2D eigenvalue weighted by atomic mass is 16.2. The topological polar surface area (TPSA) is 76.0 Å². The molecule has 2 aromatic rings. The lowest BCUT2D eigenvalue weighted by Gasteiger charge is -2.23. The van der Waals surface area contributed by atoms with Gasteiger partial charge in [-0.1, -0.05) is 31.0 Å². The third kappa shape index (κ3) is 4.71. The molecule has 1 aliphatic carbocycles. The Kier molecular flexibility index (Phi) is 6.04. The minimum atomic E-state index is -0.420. The first-order chi connectivity index (χ1) is 12.6. The van der Waals surface area contributed by atoms with Crippen LogP contribution in [0.2, 0.25) is 0 Å². The summed E-state index contributed by atoms with van der Waals surface area (Å²) in [5.41, 5.74) is 1.93. The molecular formula is C20H26N4O2. The lowest BCUT2D eigenvalue weighted by molar-refractivity contribution is -0.129. The van der Waals surface area contributed by atoms with Crippen molar-refractivity contribution in [3.8, 4) is 5.69 Å². The maximum absolute atomic E-state index is 12.5. The van der Waals surface area contributed by atoms with Crippen LogP contribution in [0.15, 0.2) is 42.6 Å². The molecular weight excluding hydrogens is 328 g/mol. The lowest BCUT2D eigenvalue weighted by Crippen LogP contribution is -2.50. The number of rotatable bonds is 7. The molecule has 0 spiro atoms. The van der Waals surface area contributed by atoms with Crippen LogP contribution in [-0.4, -0.2) is 34.2 Å². The third-order valence-electron chi connectivity index (χ3n) is 4.86. The van der Waals surface area contributed by atoms with E-state index in [0.717, 1.165) is 37.1 Å². The standard InChI is InChI=1S/C20H26N4O2/c1-15(25)22-19(16-7-5-6-8-16)20(26)21-13-11-17-12-14-24(23-17)18-9-3-2-4-10-18/h2-4,9-10,12,14,16,19H,5-8,11,13H2,1H3,(H,21,26)(H,22,25). The summed E-state index contributed by atoms with van der Waals surface area (Å²) in [5, 5.41) is 10.3. The number of hydrogen-bond donors (Lipinski definition) is 2. The van der Waals surface area contributed by atoms with Gasteiger partial charge in [0, 0.05) is 26.1 Å². The van der Waals surface area contributed by atoms with E-state index in [2.05, 4.69) is 15.7 Å². The van der Waals surface area contributed by atoms with Crippen LogP contribution < -0.4 is 10.6 Å². The summed E-state index contributed by atoms with van der Waals surface area (Å²) in [6, 6.07) is 11.5. The van der Waals surface area contributed by atoms with Gasteiger partial charge in [0.15, 0.2) is 0 Å². The summed E-state index contributed by atoms with van der Waals surface area (Å²) in [7, 11) is 0. The zero-order valence-corrected chi connectivity index (χ0v) is 15.1. The second-order valence-electron chi connectivity index (χ2n) is 6.85. The summed E-state index contributed by atoms with van der Waals surface area (Å²) >= 11 is 0. The van der Waals surface area contributed by atoms with Gasteiger partial charge < -0.3 is 10.6 Å². The van der Waals surface area contributed by atoms with Crippen molar-refractivity contribution in [1.82, 2.24) is 20.4 Å². The predicted octanol–water partition coefficient (Wildman–Crippen LogP) is 2.23.